The molecule has 0 aliphatic rings. The predicted octanol–water partition coefficient (Wildman–Crippen LogP) is 1.02. The highest BCUT2D eigenvalue weighted by molar-refractivity contribution is 5.88. The Morgan fingerprint density at radius 2 is 2.00 bits per heavy atom. The van der Waals surface area contributed by atoms with Gasteiger partial charge in [0.25, 0.3) is 0 Å². The van der Waals surface area contributed by atoms with Gasteiger partial charge < -0.3 is 16.2 Å². The molecule has 0 unspecified atom stereocenters. The van der Waals surface area contributed by atoms with Crippen molar-refractivity contribution >= 4 is 17.7 Å². The minimum atomic E-state index is -5.08. The first kappa shape index (κ1) is 14.7. The van der Waals surface area contributed by atoms with Gasteiger partial charge in [-0.3, -0.25) is 5.41 Å². The maximum atomic E-state index is 10.6. The SMILES string of the molecule is N=C(N)Nc1ccccn1.O=C(O)C(F)(F)F. The minimum Gasteiger partial charge on any atom is -0.475 e. The van der Waals surface area contributed by atoms with E-state index >= 15 is 0 Å². The standard InChI is InChI=1S/C6H8N4.C2HF3O2/c7-6(8)10-5-3-1-2-4-9-5;3-2(4,5)1(6)7/h1-4H,(H4,7,8,9,10);(H,6,7). The van der Waals surface area contributed by atoms with Gasteiger partial charge in [-0.05, 0) is 12.1 Å². The van der Waals surface area contributed by atoms with E-state index in [0.717, 1.165) is 0 Å². The van der Waals surface area contributed by atoms with Gasteiger partial charge in [0.1, 0.15) is 5.82 Å². The fraction of sp³-hybridized carbons (Fsp3) is 0.125. The van der Waals surface area contributed by atoms with Crippen molar-refractivity contribution in [1.82, 2.24) is 4.98 Å². The molecule has 0 saturated carbocycles. The van der Waals surface area contributed by atoms with E-state index in [9.17, 15) is 13.2 Å². The zero-order valence-corrected chi connectivity index (χ0v) is 8.32. The highest BCUT2D eigenvalue weighted by Gasteiger charge is 2.38. The van der Waals surface area contributed by atoms with E-state index in [1.807, 2.05) is 6.07 Å². The number of rotatable bonds is 1. The van der Waals surface area contributed by atoms with Crippen molar-refractivity contribution in [3.63, 3.8) is 0 Å². The van der Waals surface area contributed by atoms with Crippen LogP contribution in [0.25, 0.3) is 0 Å². The molecule has 6 nitrogen and oxygen atoms in total. The van der Waals surface area contributed by atoms with Crippen LogP contribution in [0.3, 0.4) is 0 Å². The maximum absolute atomic E-state index is 10.6. The zero-order valence-electron chi connectivity index (χ0n) is 8.32. The molecule has 0 aromatic carbocycles. The van der Waals surface area contributed by atoms with Crippen LogP contribution >= 0.6 is 0 Å². The van der Waals surface area contributed by atoms with Crippen molar-refractivity contribution < 1.29 is 23.1 Å². The quantitative estimate of drug-likeness (QED) is 0.439. The van der Waals surface area contributed by atoms with Crippen molar-refractivity contribution in [2.24, 2.45) is 5.73 Å². The lowest BCUT2D eigenvalue weighted by Crippen LogP contribution is -2.21. The number of carboxylic acids is 1. The van der Waals surface area contributed by atoms with Crippen LogP contribution in [-0.4, -0.2) is 28.2 Å². The van der Waals surface area contributed by atoms with Gasteiger partial charge in [0.2, 0.25) is 0 Å². The largest absolute Gasteiger partial charge is 0.490 e. The average molecular weight is 250 g/mol. The van der Waals surface area contributed by atoms with E-state index in [1.165, 1.54) is 0 Å². The number of alkyl halides is 3. The Morgan fingerprint density at radius 3 is 2.29 bits per heavy atom. The molecular weight excluding hydrogens is 241 g/mol. The lowest BCUT2D eigenvalue weighted by atomic mass is 10.5. The Bertz CT molecular complexity index is 380. The average Bonchev–Trinajstić information content (AvgIpc) is 2.17. The van der Waals surface area contributed by atoms with Gasteiger partial charge in [-0.25, -0.2) is 9.78 Å². The molecule has 17 heavy (non-hydrogen) atoms. The molecule has 0 fully saturated rings. The van der Waals surface area contributed by atoms with Crippen LogP contribution in [0.15, 0.2) is 24.4 Å². The first-order valence-corrected chi connectivity index (χ1v) is 4.05. The molecule has 9 heteroatoms. The molecule has 0 atom stereocenters. The molecule has 1 heterocycles. The Kier molecular flexibility index (Phi) is 5.44. The third kappa shape index (κ3) is 7.59. The van der Waals surface area contributed by atoms with Crippen LogP contribution < -0.4 is 11.1 Å². The molecule has 1 rings (SSSR count). The number of carboxylic acid groups (broad SMARTS) is 1. The zero-order chi connectivity index (χ0) is 13.5. The molecule has 1 aromatic rings. The Balaban J connectivity index is 0.000000325. The van der Waals surface area contributed by atoms with Crippen molar-refractivity contribution in [3.05, 3.63) is 24.4 Å². The minimum absolute atomic E-state index is 0.0984. The van der Waals surface area contributed by atoms with Crippen LogP contribution in [0.4, 0.5) is 19.0 Å². The second-order valence-corrected chi connectivity index (χ2v) is 2.56. The highest BCUT2D eigenvalue weighted by atomic mass is 19.4. The summed E-state index contributed by atoms with van der Waals surface area (Å²) in [4.78, 5) is 12.8. The summed E-state index contributed by atoms with van der Waals surface area (Å²) in [6, 6.07) is 5.35. The van der Waals surface area contributed by atoms with Crippen LogP contribution in [0.1, 0.15) is 0 Å². The van der Waals surface area contributed by atoms with E-state index in [2.05, 4.69) is 10.3 Å². The van der Waals surface area contributed by atoms with Gasteiger partial charge in [0.15, 0.2) is 5.96 Å². The maximum Gasteiger partial charge on any atom is 0.490 e. The molecule has 0 radical (unpaired) electrons. The summed E-state index contributed by atoms with van der Waals surface area (Å²) in [5, 5.41) is 16.5. The Labute approximate surface area is 93.8 Å². The summed E-state index contributed by atoms with van der Waals surface area (Å²) in [7, 11) is 0. The van der Waals surface area contributed by atoms with E-state index < -0.39 is 12.1 Å². The molecule has 0 aliphatic heterocycles. The van der Waals surface area contributed by atoms with Gasteiger partial charge in [-0.15, -0.1) is 0 Å². The topological polar surface area (TPSA) is 112 Å². The van der Waals surface area contributed by atoms with E-state index in [0.29, 0.717) is 5.82 Å². The molecular formula is C8H9F3N4O2. The fourth-order valence-corrected chi connectivity index (χ4v) is 0.575. The monoisotopic (exact) mass is 250 g/mol. The highest BCUT2D eigenvalue weighted by Crippen LogP contribution is 2.13. The molecule has 0 amide bonds. The van der Waals surface area contributed by atoms with Gasteiger partial charge in [0.05, 0.1) is 0 Å². The number of aromatic nitrogens is 1. The molecule has 0 bridgehead atoms. The van der Waals surface area contributed by atoms with Crippen LogP contribution in [0.5, 0.6) is 0 Å². The molecule has 5 N–H and O–H groups in total. The second kappa shape index (κ2) is 6.30. The molecule has 1 aromatic heterocycles. The van der Waals surface area contributed by atoms with Crippen LogP contribution in [0.2, 0.25) is 0 Å². The summed E-state index contributed by atoms with van der Waals surface area (Å²) in [5.41, 5.74) is 5.06. The van der Waals surface area contributed by atoms with Gasteiger partial charge in [-0.2, -0.15) is 13.2 Å². The first-order valence-electron chi connectivity index (χ1n) is 4.05. The van der Waals surface area contributed by atoms with E-state index in [1.54, 1.807) is 18.3 Å². The van der Waals surface area contributed by atoms with Crippen LogP contribution in [0, 0.1) is 5.41 Å². The number of pyridine rings is 1. The summed E-state index contributed by atoms with van der Waals surface area (Å²) in [5.74, 6) is -2.26. The number of nitrogens with two attached hydrogens (primary N) is 1. The number of halogens is 3. The number of nitrogens with zero attached hydrogens (tertiary/aromatic N) is 1. The third-order valence-corrected chi connectivity index (χ3v) is 1.17. The Hall–Kier alpha value is -2.32. The number of carbonyl (C=O) groups is 1. The van der Waals surface area contributed by atoms with E-state index in [-0.39, 0.29) is 5.96 Å². The molecule has 0 saturated heterocycles. The van der Waals surface area contributed by atoms with Gasteiger partial charge in [0, 0.05) is 6.20 Å². The fourth-order valence-electron chi connectivity index (χ4n) is 0.575. The van der Waals surface area contributed by atoms with Gasteiger partial charge >= 0.3 is 12.1 Å². The predicted molar refractivity (Wildman–Crippen MR) is 53.5 cm³/mol. The van der Waals surface area contributed by atoms with Crippen molar-refractivity contribution in [2.75, 3.05) is 5.32 Å². The smallest absolute Gasteiger partial charge is 0.475 e. The van der Waals surface area contributed by atoms with Crippen molar-refractivity contribution in [3.8, 4) is 0 Å². The van der Waals surface area contributed by atoms with Gasteiger partial charge in [-0.1, -0.05) is 6.07 Å². The number of nitrogens with one attached hydrogen (secondary N) is 2. The van der Waals surface area contributed by atoms with Crippen molar-refractivity contribution in [1.29, 1.82) is 5.41 Å². The molecule has 0 spiro atoms. The summed E-state index contributed by atoms with van der Waals surface area (Å²) >= 11 is 0. The lowest BCUT2D eigenvalue weighted by molar-refractivity contribution is -0.192. The second-order valence-electron chi connectivity index (χ2n) is 2.56. The number of hydrogen-bond donors (Lipinski definition) is 4. The lowest BCUT2D eigenvalue weighted by Gasteiger charge is -1.99. The summed E-state index contributed by atoms with van der Waals surface area (Å²) in [6.07, 6.45) is -3.45. The number of hydrogen-bond acceptors (Lipinski definition) is 3. The van der Waals surface area contributed by atoms with E-state index in [4.69, 9.17) is 21.0 Å². The van der Waals surface area contributed by atoms with Crippen LogP contribution in [-0.2, 0) is 4.79 Å². The summed E-state index contributed by atoms with van der Waals surface area (Å²) in [6.45, 7) is 0. The molecule has 0 aliphatic carbocycles. The number of guanidine groups is 1. The summed E-state index contributed by atoms with van der Waals surface area (Å²) < 4.78 is 31.7. The van der Waals surface area contributed by atoms with Crippen molar-refractivity contribution in [2.45, 2.75) is 6.18 Å². The first-order chi connectivity index (χ1) is 7.73. The Morgan fingerprint density at radius 1 is 1.47 bits per heavy atom. The number of aliphatic carboxylic acids is 1. The third-order valence-electron chi connectivity index (χ3n) is 1.17. The normalized spacial score (nSPS) is 9.82. The molecule has 94 valence electrons. The number of anilines is 1.